The molecule has 0 bridgehead atoms. The van der Waals surface area contributed by atoms with Crippen LogP contribution in [0.25, 0.3) is 0 Å². The molecular weight excluding hydrogens is 306 g/mol. The van der Waals surface area contributed by atoms with Gasteiger partial charge >= 0.3 is 6.09 Å². The predicted octanol–water partition coefficient (Wildman–Crippen LogP) is 4.27. The van der Waals surface area contributed by atoms with Gasteiger partial charge < -0.3 is 9.47 Å². The second kappa shape index (κ2) is 6.62. The molecule has 0 atom stereocenters. The number of hydrogen-bond donors (Lipinski definition) is 1. The van der Waals surface area contributed by atoms with Gasteiger partial charge in [0.05, 0.1) is 0 Å². The summed E-state index contributed by atoms with van der Waals surface area (Å²) in [5.41, 5.74) is -0.0116. The third kappa shape index (κ3) is 5.21. The van der Waals surface area contributed by atoms with Gasteiger partial charge in [0, 0.05) is 17.8 Å². The SMILES string of the molecule is CC(C)(C)OC(=O)Nc1cccc(Oc2cc(Cl)ncn2)c1. The van der Waals surface area contributed by atoms with E-state index in [0.717, 1.165) is 0 Å². The molecule has 0 saturated heterocycles. The van der Waals surface area contributed by atoms with Crippen molar-refractivity contribution in [2.24, 2.45) is 0 Å². The standard InChI is InChI=1S/C15H16ClN3O3/c1-15(2,3)22-14(20)19-10-5-4-6-11(7-10)21-13-8-12(16)17-9-18-13/h4-9H,1-3H3,(H,19,20). The Balaban J connectivity index is 2.05. The van der Waals surface area contributed by atoms with E-state index in [1.54, 1.807) is 45.0 Å². The summed E-state index contributed by atoms with van der Waals surface area (Å²) in [6.45, 7) is 5.39. The summed E-state index contributed by atoms with van der Waals surface area (Å²) >= 11 is 5.77. The Kier molecular flexibility index (Phi) is 4.82. The number of rotatable bonds is 3. The van der Waals surface area contributed by atoms with Gasteiger partial charge in [0.15, 0.2) is 0 Å². The lowest BCUT2D eigenvalue weighted by atomic mass is 10.2. The van der Waals surface area contributed by atoms with Crippen LogP contribution in [0, 0.1) is 0 Å². The van der Waals surface area contributed by atoms with Gasteiger partial charge in [-0.1, -0.05) is 17.7 Å². The lowest BCUT2D eigenvalue weighted by Gasteiger charge is -2.19. The Morgan fingerprint density at radius 3 is 2.68 bits per heavy atom. The van der Waals surface area contributed by atoms with E-state index in [4.69, 9.17) is 21.1 Å². The molecule has 2 aromatic rings. The van der Waals surface area contributed by atoms with Crippen LogP contribution in [0.3, 0.4) is 0 Å². The molecule has 0 spiro atoms. The molecule has 1 N–H and O–H groups in total. The minimum Gasteiger partial charge on any atom is -0.444 e. The van der Waals surface area contributed by atoms with E-state index in [1.807, 2.05) is 0 Å². The number of ether oxygens (including phenoxy) is 2. The number of hydrogen-bond acceptors (Lipinski definition) is 5. The van der Waals surface area contributed by atoms with Crippen LogP contribution in [0.1, 0.15) is 20.8 Å². The van der Waals surface area contributed by atoms with Crippen molar-refractivity contribution in [1.29, 1.82) is 0 Å². The molecular formula is C15H16ClN3O3. The summed E-state index contributed by atoms with van der Waals surface area (Å²) in [7, 11) is 0. The molecule has 22 heavy (non-hydrogen) atoms. The summed E-state index contributed by atoms with van der Waals surface area (Å²) in [4.78, 5) is 19.4. The van der Waals surface area contributed by atoms with Crippen molar-refractivity contribution < 1.29 is 14.3 Å². The fourth-order valence-electron chi connectivity index (χ4n) is 1.55. The molecule has 116 valence electrons. The Morgan fingerprint density at radius 2 is 2.00 bits per heavy atom. The first-order valence-electron chi connectivity index (χ1n) is 6.57. The van der Waals surface area contributed by atoms with Gasteiger partial charge in [0.25, 0.3) is 0 Å². The molecule has 0 aliphatic carbocycles. The number of carbonyl (C=O) groups excluding carboxylic acids is 1. The van der Waals surface area contributed by atoms with Gasteiger partial charge in [-0.05, 0) is 32.9 Å². The average Bonchev–Trinajstić information content (AvgIpc) is 2.36. The van der Waals surface area contributed by atoms with Crippen LogP contribution >= 0.6 is 11.6 Å². The molecule has 1 aromatic heterocycles. The van der Waals surface area contributed by atoms with Crippen LogP contribution < -0.4 is 10.1 Å². The number of aromatic nitrogens is 2. The molecule has 1 aromatic carbocycles. The number of carbonyl (C=O) groups is 1. The second-order valence-corrected chi connectivity index (χ2v) is 5.82. The maximum Gasteiger partial charge on any atom is 0.412 e. The zero-order chi connectivity index (χ0) is 16.2. The largest absolute Gasteiger partial charge is 0.444 e. The molecule has 0 aliphatic heterocycles. The Hall–Kier alpha value is -2.34. The molecule has 1 amide bonds. The summed E-state index contributed by atoms with van der Waals surface area (Å²) in [5, 5.41) is 2.92. The summed E-state index contributed by atoms with van der Waals surface area (Å²) in [6, 6.07) is 8.35. The first kappa shape index (κ1) is 16.0. The first-order valence-corrected chi connectivity index (χ1v) is 6.95. The first-order chi connectivity index (χ1) is 10.3. The van der Waals surface area contributed by atoms with Crippen LogP contribution in [-0.2, 0) is 4.74 Å². The molecule has 7 heteroatoms. The average molecular weight is 322 g/mol. The van der Waals surface area contributed by atoms with Gasteiger partial charge in [-0.3, -0.25) is 5.32 Å². The Labute approximate surface area is 133 Å². The van der Waals surface area contributed by atoms with Crippen molar-refractivity contribution in [3.05, 3.63) is 41.8 Å². The van der Waals surface area contributed by atoms with Crippen molar-refractivity contribution in [3.8, 4) is 11.6 Å². The number of amides is 1. The molecule has 6 nitrogen and oxygen atoms in total. The quantitative estimate of drug-likeness (QED) is 0.855. The highest BCUT2D eigenvalue weighted by Crippen LogP contribution is 2.24. The maximum absolute atomic E-state index is 11.7. The molecule has 0 radical (unpaired) electrons. The van der Waals surface area contributed by atoms with E-state index >= 15 is 0 Å². The predicted molar refractivity (Wildman–Crippen MR) is 83.4 cm³/mol. The Morgan fingerprint density at radius 1 is 1.23 bits per heavy atom. The fraction of sp³-hybridized carbons (Fsp3) is 0.267. The van der Waals surface area contributed by atoms with Gasteiger partial charge in [-0.15, -0.1) is 0 Å². The van der Waals surface area contributed by atoms with E-state index in [0.29, 0.717) is 17.3 Å². The van der Waals surface area contributed by atoms with Crippen molar-refractivity contribution >= 4 is 23.4 Å². The molecule has 0 unspecified atom stereocenters. The summed E-state index contributed by atoms with van der Waals surface area (Å²) < 4.78 is 10.7. The van der Waals surface area contributed by atoms with E-state index < -0.39 is 11.7 Å². The van der Waals surface area contributed by atoms with Crippen LogP contribution in [0.2, 0.25) is 5.15 Å². The zero-order valence-corrected chi connectivity index (χ0v) is 13.2. The van der Waals surface area contributed by atoms with E-state index in [2.05, 4.69) is 15.3 Å². The van der Waals surface area contributed by atoms with Crippen molar-refractivity contribution in [1.82, 2.24) is 9.97 Å². The molecule has 1 heterocycles. The van der Waals surface area contributed by atoms with E-state index in [9.17, 15) is 4.79 Å². The minimum absolute atomic E-state index is 0.285. The number of nitrogens with zero attached hydrogens (tertiary/aromatic N) is 2. The van der Waals surface area contributed by atoms with Crippen molar-refractivity contribution in [2.75, 3.05) is 5.32 Å². The van der Waals surface area contributed by atoms with Crippen molar-refractivity contribution in [3.63, 3.8) is 0 Å². The zero-order valence-electron chi connectivity index (χ0n) is 12.5. The number of nitrogens with one attached hydrogen (secondary N) is 1. The van der Waals surface area contributed by atoms with Gasteiger partial charge in [-0.25, -0.2) is 14.8 Å². The normalized spacial score (nSPS) is 10.9. The van der Waals surface area contributed by atoms with Crippen LogP contribution in [0.5, 0.6) is 11.6 Å². The Bertz CT molecular complexity index is 671. The monoisotopic (exact) mass is 321 g/mol. The molecule has 0 saturated carbocycles. The van der Waals surface area contributed by atoms with Crippen molar-refractivity contribution in [2.45, 2.75) is 26.4 Å². The van der Waals surface area contributed by atoms with Crippen LogP contribution in [0.15, 0.2) is 36.7 Å². The molecule has 2 rings (SSSR count). The summed E-state index contributed by atoms with van der Waals surface area (Å²) in [6.07, 6.45) is 0.773. The van der Waals surface area contributed by atoms with E-state index in [-0.39, 0.29) is 5.15 Å². The van der Waals surface area contributed by atoms with Gasteiger partial charge in [-0.2, -0.15) is 0 Å². The lowest BCUT2D eigenvalue weighted by molar-refractivity contribution is 0.0636. The minimum atomic E-state index is -0.560. The summed E-state index contributed by atoms with van der Waals surface area (Å²) in [5.74, 6) is 0.817. The smallest absolute Gasteiger partial charge is 0.412 e. The maximum atomic E-state index is 11.7. The fourth-order valence-corrected chi connectivity index (χ4v) is 1.69. The third-order valence-electron chi connectivity index (χ3n) is 2.31. The molecule has 0 aliphatic rings. The number of anilines is 1. The van der Waals surface area contributed by atoms with Gasteiger partial charge in [0.2, 0.25) is 5.88 Å². The highest BCUT2D eigenvalue weighted by molar-refractivity contribution is 6.29. The molecule has 0 fully saturated rings. The third-order valence-corrected chi connectivity index (χ3v) is 2.52. The van der Waals surface area contributed by atoms with Gasteiger partial charge in [0.1, 0.15) is 22.8 Å². The van der Waals surface area contributed by atoms with Crippen LogP contribution in [0.4, 0.5) is 10.5 Å². The number of halogens is 1. The highest BCUT2D eigenvalue weighted by atomic mass is 35.5. The second-order valence-electron chi connectivity index (χ2n) is 5.44. The van der Waals surface area contributed by atoms with E-state index in [1.165, 1.54) is 12.4 Å². The number of benzene rings is 1. The lowest BCUT2D eigenvalue weighted by Crippen LogP contribution is -2.27. The topological polar surface area (TPSA) is 73.3 Å². The van der Waals surface area contributed by atoms with Crippen LogP contribution in [-0.4, -0.2) is 21.7 Å². The highest BCUT2D eigenvalue weighted by Gasteiger charge is 2.16.